The van der Waals surface area contributed by atoms with E-state index in [1.165, 1.54) is 22.5 Å². The van der Waals surface area contributed by atoms with Crippen LogP contribution in [0.1, 0.15) is 35.2 Å². The predicted molar refractivity (Wildman–Crippen MR) is 121 cm³/mol. The summed E-state index contributed by atoms with van der Waals surface area (Å²) in [5, 5.41) is 2.77. The normalized spacial score (nSPS) is 17.9. The van der Waals surface area contributed by atoms with Crippen molar-refractivity contribution in [1.29, 1.82) is 0 Å². The molecule has 2 fully saturated rings. The van der Waals surface area contributed by atoms with Gasteiger partial charge in [-0.3, -0.25) is 4.79 Å². The van der Waals surface area contributed by atoms with E-state index in [1.54, 1.807) is 25.1 Å². The molecule has 1 amide bonds. The quantitative estimate of drug-likeness (QED) is 0.738. The van der Waals surface area contributed by atoms with Crippen LogP contribution in [0.5, 0.6) is 0 Å². The molecule has 0 atom stereocenters. The summed E-state index contributed by atoms with van der Waals surface area (Å²) in [7, 11) is -3.76. The molecule has 1 N–H and O–H groups in total. The second-order valence-electron chi connectivity index (χ2n) is 8.16. The van der Waals surface area contributed by atoms with Gasteiger partial charge in [0.15, 0.2) is 0 Å². The third kappa shape index (κ3) is 4.79. The van der Waals surface area contributed by atoms with Crippen LogP contribution < -0.4 is 10.2 Å². The van der Waals surface area contributed by atoms with Gasteiger partial charge in [0.2, 0.25) is 10.0 Å². The van der Waals surface area contributed by atoms with Crippen molar-refractivity contribution in [3.05, 3.63) is 53.3 Å². The first-order valence-corrected chi connectivity index (χ1v) is 12.3. The molecule has 0 bridgehead atoms. The van der Waals surface area contributed by atoms with Crippen molar-refractivity contribution in [2.75, 3.05) is 49.6 Å². The number of amides is 1. The smallest absolute Gasteiger partial charge is 0.257 e. The number of anilines is 2. The summed E-state index contributed by atoms with van der Waals surface area (Å²) < 4.78 is 46.8. The Balaban J connectivity index is 1.72. The zero-order valence-electron chi connectivity index (χ0n) is 18.1. The Morgan fingerprint density at radius 2 is 1.72 bits per heavy atom. The van der Waals surface area contributed by atoms with E-state index >= 15 is 0 Å². The summed E-state index contributed by atoms with van der Waals surface area (Å²) in [5.41, 5.74) is 2.04. The lowest BCUT2D eigenvalue weighted by molar-refractivity contribution is 0.0730. The van der Waals surface area contributed by atoms with Crippen molar-refractivity contribution in [2.45, 2.75) is 31.1 Å². The average molecular weight is 462 g/mol. The van der Waals surface area contributed by atoms with Gasteiger partial charge < -0.3 is 15.0 Å². The number of piperidine rings is 1. The van der Waals surface area contributed by atoms with Crippen molar-refractivity contribution < 1.29 is 22.3 Å². The maximum absolute atomic E-state index is 13.7. The van der Waals surface area contributed by atoms with E-state index in [0.717, 1.165) is 37.9 Å². The van der Waals surface area contributed by atoms with Crippen molar-refractivity contribution in [3.63, 3.8) is 0 Å². The van der Waals surface area contributed by atoms with Crippen LogP contribution in [0.2, 0.25) is 0 Å². The Bertz CT molecular complexity index is 1090. The van der Waals surface area contributed by atoms with E-state index in [0.29, 0.717) is 24.6 Å². The standard InChI is InChI=1S/C23H28FN3O4S/c1-17-5-6-18(24)15-21(17)25-23(28)20-16-19(32(29,30)27-11-13-31-14-12-27)7-8-22(20)26-9-3-2-4-10-26/h5-8,15-16H,2-4,9-14H2,1H3,(H,25,28). The molecule has 2 aromatic carbocycles. The molecule has 0 aromatic heterocycles. The summed E-state index contributed by atoms with van der Waals surface area (Å²) in [6.07, 6.45) is 3.15. The number of carbonyl (C=O) groups is 1. The molecule has 2 aliphatic rings. The molecule has 2 aromatic rings. The molecule has 7 nitrogen and oxygen atoms in total. The van der Waals surface area contributed by atoms with Gasteiger partial charge in [0.05, 0.1) is 23.7 Å². The molecule has 0 saturated carbocycles. The molecule has 172 valence electrons. The lowest BCUT2D eigenvalue weighted by Crippen LogP contribution is -2.40. The van der Waals surface area contributed by atoms with Gasteiger partial charge in [-0.05, 0) is 62.1 Å². The Kier molecular flexibility index (Phi) is 6.78. The number of nitrogens with zero attached hydrogens (tertiary/aromatic N) is 2. The highest BCUT2D eigenvalue weighted by Gasteiger charge is 2.29. The molecule has 0 radical (unpaired) electrons. The van der Waals surface area contributed by atoms with E-state index in [4.69, 9.17) is 4.74 Å². The highest BCUT2D eigenvalue weighted by Crippen LogP contribution is 2.29. The third-order valence-electron chi connectivity index (χ3n) is 5.97. The molecule has 0 aliphatic carbocycles. The Morgan fingerprint density at radius 3 is 2.44 bits per heavy atom. The van der Waals surface area contributed by atoms with Crippen LogP contribution in [0.4, 0.5) is 15.8 Å². The van der Waals surface area contributed by atoms with Crippen molar-refractivity contribution in [2.24, 2.45) is 0 Å². The number of benzene rings is 2. The van der Waals surface area contributed by atoms with E-state index < -0.39 is 21.7 Å². The predicted octanol–water partition coefficient (Wildman–Crippen LogP) is 3.40. The summed E-state index contributed by atoms with van der Waals surface area (Å²) in [5.74, 6) is -0.913. The van der Waals surface area contributed by atoms with Crippen LogP contribution in [-0.4, -0.2) is 58.0 Å². The number of carbonyl (C=O) groups excluding carboxylic acids is 1. The van der Waals surface area contributed by atoms with Crippen LogP contribution in [0.15, 0.2) is 41.3 Å². The number of hydrogen-bond donors (Lipinski definition) is 1. The van der Waals surface area contributed by atoms with Crippen molar-refractivity contribution >= 4 is 27.3 Å². The summed E-state index contributed by atoms with van der Waals surface area (Å²) in [4.78, 5) is 15.5. The number of aryl methyl sites for hydroxylation is 1. The number of halogens is 1. The molecule has 4 rings (SSSR count). The van der Waals surface area contributed by atoms with Crippen molar-refractivity contribution in [1.82, 2.24) is 4.31 Å². The molecule has 2 heterocycles. The number of nitrogens with one attached hydrogen (secondary N) is 1. The number of rotatable bonds is 5. The van der Waals surface area contributed by atoms with Crippen LogP contribution in [0.25, 0.3) is 0 Å². The zero-order valence-corrected chi connectivity index (χ0v) is 19.0. The first-order valence-electron chi connectivity index (χ1n) is 10.9. The van der Waals surface area contributed by atoms with Gasteiger partial charge in [-0.15, -0.1) is 0 Å². The minimum atomic E-state index is -3.76. The van der Waals surface area contributed by atoms with E-state index in [9.17, 15) is 17.6 Å². The lowest BCUT2D eigenvalue weighted by Gasteiger charge is -2.31. The molecule has 9 heteroatoms. The van der Waals surface area contributed by atoms with Crippen LogP contribution in [-0.2, 0) is 14.8 Å². The van der Waals surface area contributed by atoms with E-state index in [2.05, 4.69) is 10.2 Å². The fourth-order valence-electron chi connectivity index (χ4n) is 4.12. The fraction of sp³-hybridized carbons (Fsp3) is 0.435. The van der Waals surface area contributed by atoms with Gasteiger partial charge in [0, 0.05) is 37.6 Å². The first-order chi connectivity index (χ1) is 15.4. The monoisotopic (exact) mass is 461 g/mol. The fourth-order valence-corrected chi connectivity index (χ4v) is 5.56. The van der Waals surface area contributed by atoms with E-state index in [-0.39, 0.29) is 23.5 Å². The van der Waals surface area contributed by atoms with Gasteiger partial charge >= 0.3 is 0 Å². The second-order valence-corrected chi connectivity index (χ2v) is 10.1. The van der Waals surface area contributed by atoms with Gasteiger partial charge in [0.25, 0.3) is 5.91 Å². The minimum absolute atomic E-state index is 0.0706. The first kappa shape index (κ1) is 22.7. The lowest BCUT2D eigenvalue weighted by atomic mass is 10.1. The molecular weight excluding hydrogens is 433 g/mol. The molecule has 2 saturated heterocycles. The zero-order chi connectivity index (χ0) is 22.7. The highest BCUT2D eigenvalue weighted by molar-refractivity contribution is 7.89. The largest absolute Gasteiger partial charge is 0.379 e. The second kappa shape index (κ2) is 9.56. The summed E-state index contributed by atoms with van der Waals surface area (Å²) in [6, 6.07) is 8.92. The average Bonchev–Trinajstić information content (AvgIpc) is 2.82. The SMILES string of the molecule is Cc1ccc(F)cc1NC(=O)c1cc(S(=O)(=O)N2CCOCC2)ccc1N1CCCCC1. The van der Waals surface area contributed by atoms with Crippen LogP contribution in [0, 0.1) is 12.7 Å². The van der Waals surface area contributed by atoms with Crippen molar-refractivity contribution in [3.8, 4) is 0 Å². The van der Waals surface area contributed by atoms with Gasteiger partial charge in [-0.2, -0.15) is 4.31 Å². The van der Waals surface area contributed by atoms with Gasteiger partial charge in [-0.25, -0.2) is 12.8 Å². The maximum atomic E-state index is 13.7. The number of morpholine rings is 1. The topological polar surface area (TPSA) is 79.0 Å². The third-order valence-corrected chi connectivity index (χ3v) is 7.86. The Hall–Kier alpha value is -2.49. The molecular formula is C23H28FN3O4S. The molecule has 0 spiro atoms. The Morgan fingerprint density at radius 1 is 1.00 bits per heavy atom. The molecule has 2 aliphatic heterocycles. The minimum Gasteiger partial charge on any atom is -0.379 e. The van der Waals surface area contributed by atoms with Crippen LogP contribution in [0.3, 0.4) is 0 Å². The summed E-state index contributed by atoms with van der Waals surface area (Å²) >= 11 is 0. The summed E-state index contributed by atoms with van der Waals surface area (Å²) in [6.45, 7) is 4.62. The van der Waals surface area contributed by atoms with E-state index in [1.807, 2.05) is 0 Å². The van der Waals surface area contributed by atoms with Crippen LogP contribution >= 0.6 is 0 Å². The number of sulfonamides is 1. The Labute approximate surface area is 188 Å². The maximum Gasteiger partial charge on any atom is 0.257 e. The number of ether oxygens (including phenoxy) is 1. The molecule has 0 unspecified atom stereocenters. The number of hydrogen-bond acceptors (Lipinski definition) is 5. The molecule has 32 heavy (non-hydrogen) atoms. The van der Waals surface area contributed by atoms with Gasteiger partial charge in [0.1, 0.15) is 5.82 Å². The highest BCUT2D eigenvalue weighted by atomic mass is 32.2. The van der Waals surface area contributed by atoms with Gasteiger partial charge in [-0.1, -0.05) is 6.07 Å².